The van der Waals surface area contributed by atoms with Gasteiger partial charge in [-0.15, -0.1) is 0 Å². The highest BCUT2D eigenvalue weighted by Crippen LogP contribution is 2.61. The molecule has 0 radical (unpaired) electrons. The SMILES string of the molecule is Cc1cc(OCC(=O)NC23CC(Nc4ccncc4C#N)(C2)C3)ccc1Cl. The molecule has 2 N–H and O–H groups in total. The zero-order valence-electron chi connectivity index (χ0n) is 14.9. The van der Waals surface area contributed by atoms with E-state index in [1.165, 1.54) is 0 Å². The summed E-state index contributed by atoms with van der Waals surface area (Å²) in [5.41, 5.74) is 2.06. The van der Waals surface area contributed by atoms with Gasteiger partial charge in [-0.25, -0.2) is 0 Å². The Morgan fingerprint density at radius 3 is 2.81 bits per heavy atom. The number of aromatic nitrogens is 1. The standard InChI is InChI=1S/C20H19ClN4O2/c1-13-6-15(2-3-16(13)21)27-9-18(26)25-20-10-19(11-20,12-20)24-17-4-5-23-8-14(17)7-22/h2-6,8H,9-12H2,1H3,(H,23,24)(H,25,26). The lowest BCUT2D eigenvalue weighted by atomic mass is 9.44. The lowest BCUT2D eigenvalue weighted by Gasteiger charge is -2.70. The van der Waals surface area contributed by atoms with Gasteiger partial charge >= 0.3 is 0 Å². The van der Waals surface area contributed by atoms with Crippen LogP contribution in [0.2, 0.25) is 5.02 Å². The van der Waals surface area contributed by atoms with Crippen LogP contribution in [0.5, 0.6) is 5.75 Å². The molecule has 27 heavy (non-hydrogen) atoms. The van der Waals surface area contributed by atoms with Gasteiger partial charge in [0.1, 0.15) is 11.8 Å². The molecule has 3 saturated carbocycles. The molecular formula is C20H19ClN4O2. The number of nitriles is 1. The van der Waals surface area contributed by atoms with Gasteiger partial charge in [0.05, 0.1) is 11.3 Å². The molecule has 3 aliphatic carbocycles. The normalized spacial score (nSPS) is 24.8. The number of hydrogen-bond donors (Lipinski definition) is 2. The topological polar surface area (TPSA) is 87.0 Å². The maximum absolute atomic E-state index is 12.2. The van der Waals surface area contributed by atoms with Crippen molar-refractivity contribution < 1.29 is 9.53 Å². The van der Waals surface area contributed by atoms with Crippen LogP contribution in [0.25, 0.3) is 0 Å². The molecule has 7 heteroatoms. The lowest BCUT2D eigenvalue weighted by molar-refractivity contribution is -0.135. The fraction of sp³-hybridized carbons (Fsp3) is 0.350. The van der Waals surface area contributed by atoms with Crippen LogP contribution in [0.15, 0.2) is 36.7 Å². The van der Waals surface area contributed by atoms with Crippen molar-refractivity contribution in [1.82, 2.24) is 10.3 Å². The second-order valence-electron chi connectivity index (χ2n) is 7.50. The van der Waals surface area contributed by atoms with E-state index in [2.05, 4.69) is 21.7 Å². The summed E-state index contributed by atoms with van der Waals surface area (Å²) in [6, 6.07) is 9.29. The van der Waals surface area contributed by atoms with E-state index in [0.717, 1.165) is 30.5 Å². The Kier molecular flexibility index (Phi) is 4.20. The summed E-state index contributed by atoms with van der Waals surface area (Å²) in [4.78, 5) is 16.2. The molecule has 5 rings (SSSR count). The zero-order chi connectivity index (χ0) is 19.1. The van der Waals surface area contributed by atoms with Crippen LogP contribution in [0.1, 0.15) is 30.4 Å². The van der Waals surface area contributed by atoms with Gasteiger partial charge in [0.15, 0.2) is 6.61 Å². The van der Waals surface area contributed by atoms with E-state index in [9.17, 15) is 4.79 Å². The number of anilines is 1. The lowest BCUT2D eigenvalue weighted by Crippen LogP contribution is -2.81. The van der Waals surface area contributed by atoms with Gasteiger partial charge in [-0.1, -0.05) is 11.6 Å². The van der Waals surface area contributed by atoms with E-state index >= 15 is 0 Å². The summed E-state index contributed by atoms with van der Waals surface area (Å²) < 4.78 is 5.56. The molecule has 1 aromatic heterocycles. The molecule has 6 nitrogen and oxygen atoms in total. The maximum atomic E-state index is 12.2. The fourth-order valence-electron chi connectivity index (χ4n) is 4.12. The van der Waals surface area contributed by atoms with Crippen LogP contribution in [0, 0.1) is 18.3 Å². The van der Waals surface area contributed by atoms with Crippen LogP contribution >= 0.6 is 11.6 Å². The number of hydrogen-bond acceptors (Lipinski definition) is 5. The van der Waals surface area contributed by atoms with Crippen molar-refractivity contribution in [1.29, 1.82) is 5.26 Å². The molecule has 1 aromatic carbocycles. The van der Waals surface area contributed by atoms with Gasteiger partial charge in [0.25, 0.3) is 5.91 Å². The minimum atomic E-state index is -0.150. The third-order valence-corrected chi connectivity index (χ3v) is 5.70. The van der Waals surface area contributed by atoms with E-state index in [1.54, 1.807) is 24.5 Å². The molecule has 0 spiro atoms. The van der Waals surface area contributed by atoms with Crippen molar-refractivity contribution >= 4 is 23.2 Å². The first kappa shape index (κ1) is 17.6. The minimum absolute atomic E-state index is 0.0216. The highest BCUT2D eigenvalue weighted by Gasteiger charge is 2.68. The number of carbonyl (C=O) groups excluding carboxylic acids is 1. The quantitative estimate of drug-likeness (QED) is 0.801. The molecule has 0 saturated heterocycles. The molecule has 0 unspecified atom stereocenters. The van der Waals surface area contributed by atoms with E-state index in [4.69, 9.17) is 21.6 Å². The van der Waals surface area contributed by atoms with Crippen molar-refractivity contribution in [2.75, 3.05) is 11.9 Å². The van der Waals surface area contributed by atoms with Crippen molar-refractivity contribution in [3.63, 3.8) is 0 Å². The number of nitrogens with one attached hydrogen (secondary N) is 2. The maximum Gasteiger partial charge on any atom is 0.258 e. The Hall–Kier alpha value is -2.78. The molecule has 1 heterocycles. The monoisotopic (exact) mass is 382 g/mol. The predicted molar refractivity (Wildman–Crippen MR) is 102 cm³/mol. The third-order valence-electron chi connectivity index (χ3n) is 5.28. The van der Waals surface area contributed by atoms with Crippen molar-refractivity contribution in [3.8, 4) is 11.8 Å². The molecule has 3 aliphatic rings. The highest BCUT2D eigenvalue weighted by molar-refractivity contribution is 6.31. The van der Waals surface area contributed by atoms with Gasteiger partial charge in [-0.3, -0.25) is 9.78 Å². The zero-order valence-corrected chi connectivity index (χ0v) is 15.6. The van der Waals surface area contributed by atoms with Gasteiger partial charge in [-0.05, 0) is 56.0 Å². The average molecular weight is 383 g/mol. The van der Waals surface area contributed by atoms with Gasteiger partial charge in [-0.2, -0.15) is 5.26 Å². The van der Waals surface area contributed by atoms with Crippen molar-refractivity contribution in [3.05, 3.63) is 52.8 Å². The number of pyridine rings is 1. The first-order valence-electron chi connectivity index (χ1n) is 8.75. The summed E-state index contributed by atoms with van der Waals surface area (Å²) in [6.07, 6.45) is 5.76. The predicted octanol–water partition coefficient (Wildman–Crippen LogP) is 3.20. The average Bonchev–Trinajstić information content (AvgIpc) is 2.60. The molecule has 0 atom stereocenters. The van der Waals surface area contributed by atoms with Crippen LogP contribution in [-0.4, -0.2) is 28.6 Å². The Labute approximate surface area is 162 Å². The van der Waals surface area contributed by atoms with Crippen LogP contribution in [0.3, 0.4) is 0 Å². The van der Waals surface area contributed by atoms with Gasteiger partial charge in [0, 0.05) is 28.5 Å². The number of rotatable bonds is 6. The highest BCUT2D eigenvalue weighted by atomic mass is 35.5. The van der Waals surface area contributed by atoms with E-state index in [-0.39, 0.29) is 23.6 Å². The van der Waals surface area contributed by atoms with E-state index < -0.39 is 0 Å². The number of ether oxygens (including phenoxy) is 1. The molecule has 1 amide bonds. The number of halogens is 1. The second-order valence-corrected chi connectivity index (χ2v) is 7.90. The van der Waals surface area contributed by atoms with Gasteiger partial charge < -0.3 is 15.4 Å². The molecule has 2 bridgehead atoms. The van der Waals surface area contributed by atoms with E-state index in [1.807, 2.05) is 19.1 Å². The molecule has 2 aromatic rings. The van der Waals surface area contributed by atoms with E-state index in [0.29, 0.717) is 16.3 Å². The summed E-state index contributed by atoms with van der Waals surface area (Å²) in [5.74, 6) is 0.502. The number of nitrogens with zero attached hydrogens (tertiary/aromatic N) is 2. The number of carbonyl (C=O) groups is 1. The number of aryl methyl sites for hydroxylation is 1. The Morgan fingerprint density at radius 1 is 1.33 bits per heavy atom. The Morgan fingerprint density at radius 2 is 2.11 bits per heavy atom. The largest absolute Gasteiger partial charge is 0.484 e. The molecule has 0 aliphatic heterocycles. The smallest absolute Gasteiger partial charge is 0.258 e. The van der Waals surface area contributed by atoms with Gasteiger partial charge in [0.2, 0.25) is 0 Å². The van der Waals surface area contributed by atoms with Crippen molar-refractivity contribution in [2.45, 2.75) is 37.3 Å². The molecule has 3 fully saturated rings. The molecule has 138 valence electrons. The Balaban J connectivity index is 1.27. The summed E-state index contributed by atoms with van der Waals surface area (Å²) in [6.45, 7) is 1.87. The first-order chi connectivity index (χ1) is 12.9. The first-order valence-corrected chi connectivity index (χ1v) is 9.13. The van der Waals surface area contributed by atoms with Crippen molar-refractivity contribution in [2.24, 2.45) is 0 Å². The summed E-state index contributed by atoms with van der Waals surface area (Å²) in [5, 5.41) is 16.4. The van der Waals surface area contributed by atoms with Crippen LogP contribution < -0.4 is 15.4 Å². The summed E-state index contributed by atoms with van der Waals surface area (Å²) >= 11 is 5.99. The minimum Gasteiger partial charge on any atom is -0.484 e. The summed E-state index contributed by atoms with van der Waals surface area (Å²) in [7, 11) is 0. The number of amides is 1. The van der Waals surface area contributed by atoms with Crippen LogP contribution in [-0.2, 0) is 4.79 Å². The second kappa shape index (κ2) is 6.43. The molecular weight excluding hydrogens is 364 g/mol. The third kappa shape index (κ3) is 3.31. The fourth-order valence-corrected chi connectivity index (χ4v) is 4.24. The Bertz CT molecular complexity index is 933. The number of benzene rings is 1. The van der Waals surface area contributed by atoms with Crippen LogP contribution in [0.4, 0.5) is 5.69 Å².